The van der Waals surface area contributed by atoms with Gasteiger partial charge in [0.25, 0.3) is 0 Å². The fourth-order valence-corrected chi connectivity index (χ4v) is 4.35. The van der Waals surface area contributed by atoms with E-state index >= 15 is 0 Å². The normalized spacial score (nSPS) is 10.7. The van der Waals surface area contributed by atoms with Crippen LogP contribution in [0.5, 0.6) is 11.5 Å². The molecule has 0 aliphatic heterocycles. The molecule has 4 aromatic rings. The van der Waals surface area contributed by atoms with Crippen LogP contribution in [0.1, 0.15) is 4.88 Å². The second kappa shape index (κ2) is 8.49. The van der Waals surface area contributed by atoms with E-state index in [2.05, 4.69) is 20.6 Å². The van der Waals surface area contributed by atoms with Crippen LogP contribution in [0.2, 0.25) is 0 Å². The zero-order valence-corrected chi connectivity index (χ0v) is 18.0. The zero-order valence-electron chi connectivity index (χ0n) is 17.2. The van der Waals surface area contributed by atoms with Crippen LogP contribution in [-0.4, -0.2) is 30.2 Å². The van der Waals surface area contributed by atoms with Gasteiger partial charge in [0.05, 0.1) is 25.3 Å². The van der Waals surface area contributed by atoms with Gasteiger partial charge >= 0.3 is 6.03 Å². The Morgan fingerprint density at radius 1 is 1.03 bits per heavy atom. The third kappa shape index (κ3) is 4.08. The highest BCUT2D eigenvalue weighted by Crippen LogP contribution is 2.39. The Hall–Kier alpha value is -3.85. The maximum atomic E-state index is 12.5. The molecule has 0 atom stereocenters. The molecule has 0 aliphatic carbocycles. The fraction of sp³-hybridized carbons (Fsp3) is 0.136. The van der Waals surface area contributed by atoms with Crippen molar-refractivity contribution in [2.45, 2.75) is 6.92 Å². The molecule has 0 aliphatic rings. The van der Waals surface area contributed by atoms with Gasteiger partial charge in [-0.2, -0.15) is 0 Å². The van der Waals surface area contributed by atoms with E-state index in [0.717, 1.165) is 26.2 Å². The summed E-state index contributed by atoms with van der Waals surface area (Å²) in [7, 11) is 3.10. The number of carbonyl (C=O) groups is 1. The Kier molecular flexibility index (Phi) is 5.59. The number of urea groups is 1. The number of hydrogen-bond donors (Lipinski definition) is 3. The van der Waals surface area contributed by atoms with Gasteiger partial charge in [-0.15, -0.1) is 11.3 Å². The average molecular weight is 436 g/mol. The van der Waals surface area contributed by atoms with E-state index in [1.165, 1.54) is 13.4 Å². The highest BCUT2D eigenvalue weighted by molar-refractivity contribution is 7.19. The number of thiophene rings is 1. The van der Waals surface area contributed by atoms with E-state index in [0.29, 0.717) is 28.7 Å². The van der Waals surface area contributed by atoms with Crippen molar-refractivity contribution in [1.29, 1.82) is 0 Å². The number of aromatic nitrogens is 2. The van der Waals surface area contributed by atoms with Crippen LogP contribution in [-0.2, 0) is 0 Å². The molecule has 8 nitrogen and oxygen atoms in total. The summed E-state index contributed by atoms with van der Waals surface area (Å²) in [5, 5.41) is 6.46. The number of methoxy groups -OCH3 is 2. The summed E-state index contributed by atoms with van der Waals surface area (Å²) in [5.41, 5.74) is 9.23. The van der Waals surface area contributed by atoms with Crippen molar-refractivity contribution in [3.05, 3.63) is 53.7 Å². The molecule has 2 aromatic carbocycles. The van der Waals surface area contributed by atoms with Gasteiger partial charge in [-0.3, -0.25) is 0 Å². The number of carbonyl (C=O) groups excluding carboxylic acids is 1. The molecule has 9 heteroatoms. The van der Waals surface area contributed by atoms with E-state index in [4.69, 9.17) is 15.2 Å². The lowest BCUT2D eigenvalue weighted by Gasteiger charge is -2.13. The second-order valence-electron chi connectivity index (χ2n) is 6.69. The number of rotatable bonds is 5. The maximum absolute atomic E-state index is 12.5. The summed E-state index contributed by atoms with van der Waals surface area (Å²) < 4.78 is 10.5. The van der Waals surface area contributed by atoms with Crippen molar-refractivity contribution in [2.75, 3.05) is 30.6 Å². The van der Waals surface area contributed by atoms with Crippen molar-refractivity contribution in [1.82, 2.24) is 9.97 Å². The number of fused-ring (bicyclic) bond motifs is 1. The molecule has 2 heterocycles. The Labute approximate surface area is 183 Å². The number of amides is 2. The first kappa shape index (κ1) is 20.4. The lowest BCUT2D eigenvalue weighted by molar-refractivity contribution is 0.262. The molecule has 2 amide bonds. The van der Waals surface area contributed by atoms with E-state index in [1.54, 1.807) is 36.6 Å². The van der Waals surface area contributed by atoms with Crippen LogP contribution >= 0.6 is 11.3 Å². The van der Waals surface area contributed by atoms with Gasteiger partial charge in [-0.1, -0.05) is 12.1 Å². The Morgan fingerprint density at radius 2 is 1.81 bits per heavy atom. The average Bonchev–Trinajstić information content (AvgIpc) is 3.11. The van der Waals surface area contributed by atoms with Crippen LogP contribution in [0.15, 0.2) is 48.8 Å². The number of anilines is 3. The predicted molar refractivity (Wildman–Crippen MR) is 124 cm³/mol. The number of nitrogens with two attached hydrogens (primary N) is 1. The number of benzene rings is 2. The summed E-state index contributed by atoms with van der Waals surface area (Å²) in [6.45, 7) is 2.03. The third-order valence-electron chi connectivity index (χ3n) is 4.78. The van der Waals surface area contributed by atoms with Gasteiger partial charge in [0.1, 0.15) is 28.5 Å². The number of aryl methyl sites for hydroxylation is 1. The Morgan fingerprint density at radius 3 is 2.52 bits per heavy atom. The molecule has 0 radical (unpaired) electrons. The minimum absolute atomic E-state index is 0.394. The van der Waals surface area contributed by atoms with Crippen LogP contribution in [0.4, 0.5) is 22.0 Å². The Balaban J connectivity index is 1.54. The molecule has 2 aromatic heterocycles. The molecule has 0 bridgehead atoms. The van der Waals surface area contributed by atoms with Gasteiger partial charge in [-0.25, -0.2) is 14.8 Å². The van der Waals surface area contributed by atoms with Crippen LogP contribution in [0.3, 0.4) is 0 Å². The minimum atomic E-state index is -0.394. The molecule has 0 unspecified atom stereocenters. The van der Waals surface area contributed by atoms with Crippen LogP contribution in [0, 0.1) is 6.92 Å². The highest BCUT2D eigenvalue weighted by atomic mass is 32.1. The lowest BCUT2D eigenvalue weighted by atomic mass is 10.0. The van der Waals surface area contributed by atoms with E-state index in [1.807, 2.05) is 31.2 Å². The molecule has 4 N–H and O–H groups in total. The predicted octanol–water partition coefficient (Wildman–Crippen LogP) is 4.91. The minimum Gasteiger partial charge on any atom is -0.497 e. The molecular weight excluding hydrogens is 414 g/mol. The SMILES string of the molecule is COc1ccc(OC)c(NC(=O)Nc2ccc(-c3c(C)sc4ncnc(N)c34)cc2)c1. The van der Waals surface area contributed by atoms with E-state index in [9.17, 15) is 4.79 Å². The largest absolute Gasteiger partial charge is 0.497 e. The molecule has 0 fully saturated rings. The second-order valence-corrected chi connectivity index (χ2v) is 7.90. The first-order valence-corrected chi connectivity index (χ1v) is 10.2. The summed E-state index contributed by atoms with van der Waals surface area (Å²) in [6, 6.07) is 12.3. The molecule has 0 saturated carbocycles. The number of nitrogens with one attached hydrogen (secondary N) is 2. The number of ether oxygens (including phenoxy) is 2. The first-order chi connectivity index (χ1) is 15.0. The molecule has 31 heavy (non-hydrogen) atoms. The Bertz CT molecular complexity index is 1250. The summed E-state index contributed by atoms with van der Waals surface area (Å²) in [5.74, 6) is 1.60. The fourth-order valence-electron chi connectivity index (χ4n) is 3.33. The van der Waals surface area contributed by atoms with Crippen LogP contribution < -0.4 is 25.8 Å². The van der Waals surface area contributed by atoms with Crippen molar-refractivity contribution >= 4 is 44.8 Å². The van der Waals surface area contributed by atoms with Gasteiger partial charge in [0, 0.05) is 22.2 Å². The zero-order chi connectivity index (χ0) is 22.0. The van der Waals surface area contributed by atoms with Gasteiger partial charge in [0.2, 0.25) is 0 Å². The third-order valence-corrected chi connectivity index (χ3v) is 5.79. The topological polar surface area (TPSA) is 111 Å². The molecule has 0 saturated heterocycles. The van der Waals surface area contributed by atoms with Gasteiger partial charge < -0.3 is 25.8 Å². The standard InChI is InChI=1S/C22H21N5O3S/c1-12-18(19-20(23)24-11-25-21(19)31-12)13-4-6-14(7-5-13)26-22(28)27-16-10-15(29-2)8-9-17(16)30-3/h4-11H,1-3H3,(H2,23,24,25)(H2,26,27,28). The first-order valence-electron chi connectivity index (χ1n) is 9.40. The van der Waals surface area contributed by atoms with Crippen molar-refractivity contribution < 1.29 is 14.3 Å². The quantitative estimate of drug-likeness (QED) is 0.411. The lowest BCUT2D eigenvalue weighted by Crippen LogP contribution is -2.19. The summed E-state index contributed by atoms with van der Waals surface area (Å²) >= 11 is 1.58. The summed E-state index contributed by atoms with van der Waals surface area (Å²) in [4.78, 5) is 22.9. The van der Waals surface area contributed by atoms with E-state index in [-0.39, 0.29) is 0 Å². The van der Waals surface area contributed by atoms with E-state index < -0.39 is 6.03 Å². The monoisotopic (exact) mass is 435 g/mol. The molecule has 158 valence electrons. The van der Waals surface area contributed by atoms with Crippen molar-refractivity contribution in [3.8, 4) is 22.6 Å². The summed E-state index contributed by atoms with van der Waals surface area (Å²) in [6.07, 6.45) is 1.47. The maximum Gasteiger partial charge on any atom is 0.323 e. The number of nitrogen functional groups attached to an aromatic ring is 1. The highest BCUT2D eigenvalue weighted by Gasteiger charge is 2.15. The van der Waals surface area contributed by atoms with Crippen LogP contribution in [0.25, 0.3) is 21.3 Å². The van der Waals surface area contributed by atoms with Crippen molar-refractivity contribution in [3.63, 3.8) is 0 Å². The van der Waals surface area contributed by atoms with Gasteiger partial charge in [-0.05, 0) is 36.8 Å². The van der Waals surface area contributed by atoms with Crippen molar-refractivity contribution in [2.24, 2.45) is 0 Å². The molecule has 0 spiro atoms. The van der Waals surface area contributed by atoms with Gasteiger partial charge in [0.15, 0.2) is 0 Å². The number of nitrogens with zero attached hydrogens (tertiary/aromatic N) is 2. The molecule has 4 rings (SSSR count). The smallest absolute Gasteiger partial charge is 0.323 e. The molecular formula is C22H21N5O3S. The number of hydrogen-bond acceptors (Lipinski definition) is 7.